The lowest BCUT2D eigenvalue weighted by atomic mass is 9.98. The molecule has 1 amide bonds. The number of amides is 1. The average molecular weight is 478 g/mol. The number of carbonyl (C=O) groups excluding carboxylic acids is 1. The Morgan fingerprint density at radius 2 is 1.57 bits per heavy atom. The third-order valence-corrected chi connectivity index (χ3v) is 5.38. The van der Waals surface area contributed by atoms with E-state index >= 15 is 0 Å². The number of rotatable bonds is 10. The van der Waals surface area contributed by atoms with E-state index in [1.807, 2.05) is 60.7 Å². The zero-order valence-corrected chi connectivity index (χ0v) is 18.9. The quantitative estimate of drug-likeness (QED) is 0.129. The zero-order chi connectivity index (χ0) is 25.2. The monoisotopic (exact) mass is 477 g/mol. The molecule has 0 radical (unpaired) electrons. The second-order valence-electron chi connectivity index (χ2n) is 7.74. The van der Waals surface area contributed by atoms with Gasteiger partial charge in [-0.3, -0.25) is 19.8 Å². The Morgan fingerprint density at radius 1 is 0.971 bits per heavy atom. The Kier molecular flexibility index (Phi) is 8.74. The molecule has 3 aromatic rings. The van der Waals surface area contributed by atoms with E-state index in [4.69, 9.17) is 10.9 Å². The van der Waals surface area contributed by atoms with E-state index in [2.05, 4.69) is 10.3 Å². The molecule has 10 heteroatoms. The average Bonchev–Trinajstić information content (AvgIpc) is 2.88. The summed E-state index contributed by atoms with van der Waals surface area (Å²) in [7, 11) is 0. The summed E-state index contributed by atoms with van der Waals surface area (Å²) in [5.74, 6) is -2.22. The van der Waals surface area contributed by atoms with Gasteiger partial charge in [0.15, 0.2) is 0 Å². The summed E-state index contributed by atoms with van der Waals surface area (Å²) in [4.78, 5) is 41.8. The van der Waals surface area contributed by atoms with Gasteiger partial charge < -0.3 is 20.7 Å². The van der Waals surface area contributed by atoms with Crippen molar-refractivity contribution < 1.29 is 19.9 Å². The van der Waals surface area contributed by atoms with E-state index in [-0.39, 0.29) is 30.9 Å². The predicted molar refractivity (Wildman–Crippen MR) is 130 cm³/mol. The molecule has 1 heterocycles. The second-order valence-corrected chi connectivity index (χ2v) is 7.74. The van der Waals surface area contributed by atoms with Crippen LogP contribution < -0.4 is 22.1 Å². The summed E-state index contributed by atoms with van der Waals surface area (Å²) in [6.45, 7) is 0.146. The molecule has 35 heavy (non-hydrogen) atoms. The molecule has 6 N–H and O–H groups in total. The number of aliphatic imine (C=N–C) groups is 1. The molecular formula is C25H27N5O5. The first-order valence-electron chi connectivity index (χ1n) is 11.0. The number of guanidine groups is 1. The van der Waals surface area contributed by atoms with Gasteiger partial charge in [0.1, 0.15) is 11.6 Å². The van der Waals surface area contributed by atoms with Crippen LogP contribution in [-0.2, 0) is 4.79 Å². The first-order chi connectivity index (χ1) is 16.9. The van der Waals surface area contributed by atoms with E-state index in [0.717, 1.165) is 11.1 Å². The second kappa shape index (κ2) is 12.1. The van der Waals surface area contributed by atoms with Gasteiger partial charge in [0, 0.05) is 12.7 Å². The van der Waals surface area contributed by atoms with Gasteiger partial charge in [-0.05, 0) is 36.1 Å². The van der Waals surface area contributed by atoms with Gasteiger partial charge in [-0.15, -0.1) is 0 Å². The van der Waals surface area contributed by atoms with Crippen LogP contribution in [0.5, 0.6) is 0 Å². The molecule has 2 aromatic carbocycles. The Bertz CT molecular complexity index is 1190. The standard InChI is InChI=1S/C25H27N5O5/c26-25(29-35)27-15-7-14-20(24(33)34)28-22(31)19-13-8-16-30(23(19)32)21(17-9-3-1-4-10-17)18-11-5-2-6-12-18/h1-6,8-13,16,20-21,35H,7,14-15H2,(H,28,31)(H,33,34)(H3,26,27,29). The van der Waals surface area contributed by atoms with Crippen LogP contribution >= 0.6 is 0 Å². The van der Waals surface area contributed by atoms with Crippen molar-refractivity contribution >= 4 is 17.8 Å². The Balaban J connectivity index is 1.87. The normalized spacial score (nSPS) is 12.2. The number of benzene rings is 2. The molecule has 0 aliphatic carbocycles. The van der Waals surface area contributed by atoms with Crippen LogP contribution in [0.3, 0.4) is 0 Å². The van der Waals surface area contributed by atoms with Crippen molar-refractivity contribution in [2.24, 2.45) is 10.7 Å². The highest BCUT2D eigenvalue weighted by molar-refractivity contribution is 5.96. The summed E-state index contributed by atoms with van der Waals surface area (Å²) >= 11 is 0. The maximum absolute atomic E-state index is 13.4. The van der Waals surface area contributed by atoms with Crippen molar-refractivity contribution in [1.29, 1.82) is 0 Å². The molecule has 0 aliphatic rings. The van der Waals surface area contributed by atoms with Gasteiger partial charge >= 0.3 is 5.97 Å². The molecule has 0 aliphatic heterocycles. The first kappa shape index (κ1) is 25.2. The Morgan fingerprint density at radius 3 is 2.11 bits per heavy atom. The highest BCUT2D eigenvalue weighted by Gasteiger charge is 2.24. The lowest BCUT2D eigenvalue weighted by Crippen LogP contribution is -2.43. The third kappa shape index (κ3) is 6.55. The van der Waals surface area contributed by atoms with Gasteiger partial charge in [0.25, 0.3) is 11.5 Å². The van der Waals surface area contributed by atoms with Crippen molar-refractivity contribution in [1.82, 2.24) is 15.4 Å². The van der Waals surface area contributed by atoms with E-state index in [9.17, 15) is 19.5 Å². The fraction of sp³-hybridized carbons (Fsp3) is 0.200. The third-order valence-electron chi connectivity index (χ3n) is 5.38. The van der Waals surface area contributed by atoms with E-state index in [1.54, 1.807) is 17.7 Å². The highest BCUT2D eigenvalue weighted by atomic mass is 16.5. The molecule has 182 valence electrons. The van der Waals surface area contributed by atoms with Gasteiger partial charge in [0.05, 0.1) is 6.04 Å². The minimum atomic E-state index is -1.24. The number of nitrogens with zero attached hydrogens (tertiary/aromatic N) is 2. The molecule has 0 saturated carbocycles. The molecule has 1 atom stereocenters. The summed E-state index contributed by atoms with van der Waals surface area (Å²) in [6.07, 6.45) is 1.94. The van der Waals surface area contributed by atoms with E-state index in [1.165, 1.54) is 10.6 Å². The lowest BCUT2D eigenvalue weighted by molar-refractivity contribution is -0.139. The Labute approximate surface area is 201 Å². The van der Waals surface area contributed by atoms with Crippen LogP contribution in [0.2, 0.25) is 0 Å². The minimum absolute atomic E-state index is 0.0565. The number of hydrogen-bond acceptors (Lipinski definition) is 5. The molecule has 3 rings (SSSR count). The first-order valence-corrected chi connectivity index (χ1v) is 11.0. The molecule has 10 nitrogen and oxygen atoms in total. The van der Waals surface area contributed by atoms with Crippen LogP contribution in [0.15, 0.2) is 88.8 Å². The number of carboxylic acids is 1. The van der Waals surface area contributed by atoms with Gasteiger partial charge in [0.2, 0.25) is 5.96 Å². The molecular weight excluding hydrogens is 450 g/mol. The number of hydroxylamine groups is 1. The maximum Gasteiger partial charge on any atom is 0.326 e. The van der Waals surface area contributed by atoms with Crippen molar-refractivity contribution in [2.45, 2.75) is 24.9 Å². The Hall–Kier alpha value is -4.44. The predicted octanol–water partition coefficient (Wildman–Crippen LogP) is 1.74. The zero-order valence-electron chi connectivity index (χ0n) is 18.9. The van der Waals surface area contributed by atoms with Gasteiger partial charge in [-0.25, -0.2) is 10.3 Å². The van der Waals surface area contributed by atoms with Crippen molar-refractivity contribution in [3.8, 4) is 0 Å². The number of nitrogens with two attached hydrogens (primary N) is 1. The number of aliphatic carboxylic acids is 1. The number of hydrogen-bond donors (Lipinski definition) is 5. The number of aromatic nitrogens is 1. The number of carbonyl (C=O) groups is 2. The van der Waals surface area contributed by atoms with Gasteiger partial charge in [-0.1, -0.05) is 60.7 Å². The molecule has 0 spiro atoms. The van der Waals surface area contributed by atoms with Crippen molar-refractivity contribution in [3.05, 3.63) is 106 Å². The fourth-order valence-electron chi connectivity index (χ4n) is 3.69. The largest absolute Gasteiger partial charge is 0.480 e. The van der Waals surface area contributed by atoms with Crippen molar-refractivity contribution in [3.63, 3.8) is 0 Å². The highest BCUT2D eigenvalue weighted by Crippen LogP contribution is 2.25. The maximum atomic E-state index is 13.4. The van der Waals surface area contributed by atoms with Crippen LogP contribution in [0.1, 0.15) is 40.4 Å². The fourth-order valence-corrected chi connectivity index (χ4v) is 3.69. The van der Waals surface area contributed by atoms with Crippen molar-refractivity contribution in [2.75, 3.05) is 6.54 Å². The number of nitrogens with one attached hydrogen (secondary N) is 2. The topological polar surface area (TPSA) is 159 Å². The summed E-state index contributed by atoms with van der Waals surface area (Å²) in [5.41, 5.74) is 8.00. The van der Waals surface area contributed by atoms with E-state index < -0.39 is 29.5 Å². The van der Waals surface area contributed by atoms with Crippen LogP contribution in [-0.4, -0.2) is 45.3 Å². The van der Waals surface area contributed by atoms with Crippen LogP contribution in [0.4, 0.5) is 0 Å². The molecule has 1 aromatic heterocycles. The van der Waals surface area contributed by atoms with Crippen LogP contribution in [0, 0.1) is 0 Å². The molecule has 0 bridgehead atoms. The minimum Gasteiger partial charge on any atom is -0.480 e. The van der Waals surface area contributed by atoms with Gasteiger partial charge in [-0.2, -0.15) is 0 Å². The number of carboxylic acid groups (broad SMARTS) is 1. The lowest BCUT2D eigenvalue weighted by Gasteiger charge is -2.22. The molecule has 0 saturated heterocycles. The molecule has 0 fully saturated rings. The van der Waals surface area contributed by atoms with Crippen LogP contribution in [0.25, 0.3) is 0 Å². The molecule has 1 unspecified atom stereocenters. The number of pyridine rings is 1. The summed E-state index contributed by atoms with van der Waals surface area (Å²) in [6, 6.07) is 20.1. The van der Waals surface area contributed by atoms with E-state index in [0.29, 0.717) is 0 Å². The summed E-state index contributed by atoms with van der Waals surface area (Å²) < 4.78 is 1.47. The summed E-state index contributed by atoms with van der Waals surface area (Å²) in [5, 5.41) is 20.6. The smallest absolute Gasteiger partial charge is 0.326 e. The SMILES string of the molecule is NC(=NCCCC(NC(=O)c1cccn(C(c2ccccc2)c2ccccc2)c1=O)C(=O)O)NO.